The third-order valence-electron chi connectivity index (χ3n) is 3.02. The van der Waals surface area contributed by atoms with Gasteiger partial charge in [0.2, 0.25) is 0 Å². The van der Waals surface area contributed by atoms with Gasteiger partial charge in [-0.3, -0.25) is 0 Å². The lowest BCUT2D eigenvalue weighted by Gasteiger charge is -2.43. The van der Waals surface area contributed by atoms with Crippen molar-refractivity contribution in [2.45, 2.75) is 25.6 Å². The van der Waals surface area contributed by atoms with Gasteiger partial charge in [-0.25, -0.2) is 0 Å². The fourth-order valence-corrected chi connectivity index (χ4v) is 2.57. The summed E-state index contributed by atoms with van der Waals surface area (Å²) in [6, 6.07) is 5.48. The molecule has 0 saturated carbocycles. The van der Waals surface area contributed by atoms with Crippen molar-refractivity contribution in [2.75, 3.05) is 30.3 Å². The number of halogens is 1. The van der Waals surface area contributed by atoms with Crippen LogP contribution >= 0.6 is 11.6 Å². The number of anilines is 2. The van der Waals surface area contributed by atoms with Gasteiger partial charge in [0.15, 0.2) is 0 Å². The van der Waals surface area contributed by atoms with Gasteiger partial charge in [0.25, 0.3) is 0 Å². The molecule has 0 aliphatic carbocycles. The van der Waals surface area contributed by atoms with Crippen LogP contribution in [0.25, 0.3) is 0 Å². The van der Waals surface area contributed by atoms with Crippen LogP contribution in [0.4, 0.5) is 11.4 Å². The summed E-state index contributed by atoms with van der Waals surface area (Å²) in [6.45, 7) is 5.39. The van der Waals surface area contributed by atoms with Crippen molar-refractivity contribution in [1.29, 1.82) is 0 Å². The number of morpholine rings is 1. The standard InChI is InChI=1S/C13H19ClN2O2/c1-13(2)8-16(6-10(7-17)18-13)12-4-3-9(14)5-11(12)15/h3-5,10,17H,6-8,15H2,1-2H3. The zero-order chi connectivity index (χ0) is 13.3. The Balaban J connectivity index is 2.26. The first-order chi connectivity index (χ1) is 8.41. The van der Waals surface area contributed by atoms with E-state index in [1.54, 1.807) is 6.07 Å². The van der Waals surface area contributed by atoms with E-state index in [0.29, 0.717) is 17.3 Å². The highest BCUT2D eigenvalue weighted by atomic mass is 35.5. The molecule has 0 bridgehead atoms. The largest absolute Gasteiger partial charge is 0.397 e. The zero-order valence-corrected chi connectivity index (χ0v) is 11.4. The van der Waals surface area contributed by atoms with E-state index in [1.165, 1.54) is 0 Å². The van der Waals surface area contributed by atoms with Crippen molar-refractivity contribution >= 4 is 23.0 Å². The molecule has 1 saturated heterocycles. The number of benzene rings is 1. The third-order valence-corrected chi connectivity index (χ3v) is 3.25. The van der Waals surface area contributed by atoms with Crippen molar-refractivity contribution in [3.63, 3.8) is 0 Å². The smallest absolute Gasteiger partial charge is 0.0988 e. The number of aliphatic hydroxyl groups is 1. The van der Waals surface area contributed by atoms with Crippen LogP contribution in [0.3, 0.4) is 0 Å². The number of ether oxygens (including phenoxy) is 1. The first-order valence-corrected chi connectivity index (χ1v) is 6.38. The molecule has 1 aromatic rings. The van der Waals surface area contributed by atoms with Crippen molar-refractivity contribution in [1.82, 2.24) is 0 Å². The molecule has 1 atom stereocenters. The van der Waals surface area contributed by atoms with E-state index >= 15 is 0 Å². The summed E-state index contributed by atoms with van der Waals surface area (Å²) in [6.07, 6.45) is -0.191. The topological polar surface area (TPSA) is 58.7 Å². The van der Waals surface area contributed by atoms with Crippen LogP contribution in [0.5, 0.6) is 0 Å². The van der Waals surface area contributed by atoms with Crippen molar-refractivity contribution in [2.24, 2.45) is 0 Å². The molecular weight excluding hydrogens is 252 g/mol. The molecular formula is C13H19ClN2O2. The van der Waals surface area contributed by atoms with Crippen LogP contribution in [0.15, 0.2) is 18.2 Å². The second-order valence-corrected chi connectivity index (χ2v) is 5.70. The number of aliphatic hydroxyl groups excluding tert-OH is 1. The highest BCUT2D eigenvalue weighted by Gasteiger charge is 2.33. The monoisotopic (exact) mass is 270 g/mol. The predicted molar refractivity (Wildman–Crippen MR) is 74.1 cm³/mol. The fraction of sp³-hybridized carbons (Fsp3) is 0.538. The Bertz CT molecular complexity index is 437. The Labute approximate surface area is 112 Å². The average molecular weight is 271 g/mol. The maximum absolute atomic E-state index is 9.30. The van der Waals surface area contributed by atoms with E-state index in [1.807, 2.05) is 26.0 Å². The molecule has 0 spiro atoms. The SMILES string of the molecule is CC1(C)CN(c2ccc(Cl)cc2N)CC(CO)O1. The van der Waals surface area contributed by atoms with E-state index < -0.39 is 0 Å². The molecule has 4 nitrogen and oxygen atoms in total. The predicted octanol–water partition coefficient (Wildman–Crippen LogP) is 1.90. The molecule has 1 aromatic carbocycles. The zero-order valence-electron chi connectivity index (χ0n) is 10.7. The summed E-state index contributed by atoms with van der Waals surface area (Å²) < 4.78 is 5.78. The molecule has 0 radical (unpaired) electrons. The number of nitrogens with zero attached hydrogens (tertiary/aromatic N) is 1. The van der Waals surface area contributed by atoms with Gasteiger partial charge >= 0.3 is 0 Å². The lowest BCUT2D eigenvalue weighted by atomic mass is 10.0. The molecule has 1 aliphatic heterocycles. The molecule has 0 amide bonds. The molecule has 100 valence electrons. The van der Waals surface area contributed by atoms with Gasteiger partial charge in [-0.2, -0.15) is 0 Å². The van der Waals surface area contributed by atoms with E-state index in [-0.39, 0.29) is 18.3 Å². The normalized spacial score (nSPS) is 23.1. The first-order valence-electron chi connectivity index (χ1n) is 6.00. The average Bonchev–Trinajstić information content (AvgIpc) is 2.26. The van der Waals surface area contributed by atoms with Crippen LogP contribution < -0.4 is 10.6 Å². The highest BCUT2D eigenvalue weighted by Crippen LogP contribution is 2.31. The maximum Gasteiger partial charge on any atom is 0.0988 e. The lowest BCUT2D eigenvalue weighted by Crippen LogP contribution is -2.54. The van der Waals surface area contributed by atoms with Gasteiger partial charge in [0, 0.05) is 18.1 Å². The molecule has 1 aliphatic rings. The van der Waals surface area contributed by atoms with Crippen molar-refractivity contribution in [3.05, 3.63) is 23.2 Å². The summed E-state index contributed by atoms with van der Waals surface area (Å²) in [7, 11) is 0. The molecule has 5 heteroatoms. The summed E-state index contributed by atoms with van der Waals surface area (Å²) in [5, 5.41) is 9.92. The van der Waals surface area contributed by atoms with Gasteiger partial charge in [0.05, 0.1) is 29.7 Å². The minimum Gasteiger partial charge on any atom is -0.397 e. The Kier molecular flexibility index (Phi) is 3.71. The highest BCUT2D eigenvalue weighted by molar-refractivity contribution is 6.31. The molecule has 2 rings (SSSR count). The van der Waals surface area contributed by atoms with E-state index in [9.17, 15) is 5.11 Å². The molecule has 3 N–H and O–H groups in total. The maximum atomic E-state index is 9.30. The van der Waals surface area contributed by atoms with Crippen LogP contribution in [-0.2, 0) is 4.74 Å². The number of nitrogen functional groups attached to an aromatic ring is 1. The summed E-state index contributed by atoms with van der Waals surface area (Å²) in [5.41, 5.74) is 7.28. The summed E-state index contributed by atoms with van der Waals surface area (Å²) >= 11 is 5.90. The van der Waals surface area contributed by atoms with Crippen molar-refractivity contribution in [3.8, 4) is 0 Å². The van der Waals surface area contributed by atoms with Gasteiger partial charge in [-0.15, -0.1) is 0 Å². The Morgan fingerprint density at radius 2 is 2.28 bits per heavy atom. The van der Waals surface area contributed by atoms with Gasteiger partial charge in [-0.05, 0) is 32.0 Å². The second-order valence-electron chi connectivity index (χ2n) is 5.27. The Hall–Kier alpha value is -0.970. The summed E-state index contributed by atoms with van der Waals surface area (Å²) in [5.74, 6) is 0. The molecule has 1 fully saturated rings. The minimum atomic E-state index is -0.308. The number of hydrogen-bond donors (Lipinski definition) is 2. The van der Waals surface area contributed by atoms with Crippen LogP contribution in [-0.4, -0.2) is 36.5 Å². The van der Waals surface area contributed by atoms with Gasteiger partial charge in [-0.1, -0.05) is 11.6 Å². The van der Waals surface area contributed by atoms with Gasteiger partial charge < -0.3 is 20.5 Å². The molecule has 0 aromatic heterocycles. The van der Waals surface area contributed by atoms with Gasteiger partial charge in [0.1, 0.15) is 0 Å². The van der Waals surface area contributed by atoms with E-state index in [2.05, 4.69) is 4.90 Å². The van der Waals surface area contributed by atoms with Crippen molar-refractivity contribution < 1.29 is 9.84 Å². The number of rotatable bonds is 2. The molecule has 18 heavy (non-hydrogen) atoms. The quantitative estimate of drug-likeness (QED) is 0.806. The third kappa shape index (κ3) is 2.88. The number of nitrogens with two attached hydrogens (primary N) is 1. The lowest BCUT2D eigenvalue weighted by molar-refractivity contribution is -0.100. The Morgan fingerprint density at radius 3 is 2.89 bits per heavy atom. The molecule has 1 heterocycles. The van der Waals surface area contributed by atoms with E-state index in [4.69, 9.17) is 22.1 Å². The first kappa shape index (κ1) is 13.5. The Morgan fingerprint density at radius 1 is 1.56 bits per heavy atom. The fourth-order valence-electron chi connectivity index (χ4n) is 2.39. The number of hydrogen-bond acceptors (Lipinski definition) is 4. The summed E-state index contributed by atoms with van der Waals surface area (Å²) in [4.78, 5) is 2.13. The van der Waals surface area contributed by atoms with Crippen LogP contribution in [0.2, 0.25) is 5.02 Å². The van der Waals surface area contributed by atoms with Crippen LogP contribution in [0, 0.1) is 0 Å². The minimum absolute atomic E-state index is 0.00737. The second kappa shape index (κ2) is 4.96. The molecule has 1 unspecified atom stereocenters. The van der Waals surface area contributed by atoms with Crippen LogP contribution in [0.1, 0.15) is 13.8 Å². The van der Waals surface area contributed by atoms with E-state index in [0.717, 1.165) is 12.2 Å².